The highest BCUT2D eigenvalue weighted by atomic mass is 19.1. The van der Waals surface area contributed by atoms with Crippen molar-refractivity contribution in [3.63, 3.8) is 0 Å². The van der Waals surface area contributed by atoms with Crippen LogP contribution in [-0.2, 0) is 6.42 Å². The van der Waals surface area contributed by atoms with Crippen molar-refractivity contribution < 1.29 is 4.39 Å². The molecule has 16 heavy (non-hydrogen) atoms. The first-order valence-electron chi connectivity index (χ1n) is 6.00. The lowest BCUT2D eigenvalue weighted by Gasteiger charge is -2.17. The molecule has 0 amide bonds. The molecule has 1 N–H and O–H groups in total. The maximum atomic E-state index is 13.3. The van der Waals surface area contributed by atoms with Crippen molar-refractivity contribution in [2.75, 3.05) is 6.54 Å². The molecule has 0 fully saturated rings. The van der Waals surface area contributed by atoms with Crippen LogP contribution in [0.15, 0.2) is 36.4 Å². The molecule has 1 aromatic rings. The normalized spacial score (nSPS) is 19.9. The van der Waals surface area contributed by atoms with Gasteiger partial charge in [0.05, 0.1) is 0 Å². The first-order chi connectivity index (χ1) is 7.86. The van der Waals surface area contributed by atoms with Crippen LogP contribution in [-0.4, -0.2) is 12.6 Å². The zero-order valence-corrected chi connectivity index (χ0v) is 9.45. The summed E-state index contributed by atoms with van der Waals surface area (Å²) < 4.78 is 13.3. The van der Waals surface area contributed by atoms with E-state index in [4.69, 9.17) is 0 Å². The Labute approximate surface area is 96.4 Å². The molecule has 0 aromatic heterocycles. The fourth-order valence-electron chi connectivity index (χ4n) is 2.08. The summed E-state index contributed by atoms with van der Waals surface area (Å²) in [6.45, 7) is 0.843. The fraction of sp³-hybridized carbons (Fsp3) is 0.429. The molecule has 2 heteroatoms. The highest BCUT2D eigenvalue weighted by Gasteiger charge is 2.07. The van der Waals surface area contributed by atoms with E-state index in [9.17, 15) is 4.39 Å². The lowest BCUT2D eigenvalue weighted by Crippen LogP contribution is -2.30. The van der Waals surface area contributed by atoms with Crippen molar-refractivity contribution in [2.24, 2.45) is 0 Å². The van der Waals surface area contributed by atoms with Crippen LogP contribution in [0.25, 0.3) is 0 Å². The Bertz CT molecular complexity index is 360. The molecule has 0 bridgehead atoms. The van der Waals surface area contributed by atoms with Gasteiger partial charge >= 0.3 is 0 Å². The Morgan fingerprint density at radius 3 is 2.94 bits per heavy atom. The third-order valence-corrected chi connectivity index (χ3v) is 3.01. The van der Waals surface area contributed by atoms with Crippen LogP contribution in [0.3, 0.4) is 0 Å². The van der Waals surface area contributed by atoms with E-state index in [1.165, 1.54) is 25.3 Å². The minimum absolute atomic E-state index is 0.0940. The molecule has 0 heterocycles. The van der Waals surface area contributed by atoms with E-state index < -0.39 is 0 Å². The zero-order valence-electron chi connectivity index (χ0n) is 9.45. The van der Waals surface area contributed by atoms with Gasteiger partial charge in [-0.25, -0.2) is 4.39 Å². The number of halogens is 1. The minimum atomic E-state index is -0.0940. The van der Waals surface area contributed by atoms with Gasteiger partial charge in [-0.1, -0.05) is 30.4 Å². The molecule has 1 nitrogen and oxygen atoms in total. The van der Waals surface area contributed by atoms with E-state index in [1.54, 1.807) is 6.07 Å². The molecule has 86 valence electrons. The van der Waals surface area contributed by atoms with E-state index in [0.29, 0.717) is 6.04 Å². The summed E-state index contributed by atoms with van der Waals surface area (Å²) in [5.41, 5.74) is 0.801. The first kappa shape index (κ1) is 11.3. The van der Waals surface area contributed by atoms with Crippen LogP contribution < -0.4 is 5.32 Å². The smallest absolute Gasteiger partial charge is 0.126 e. The quantitative estimate of drug-likeness (QED) is 0.767. The van der Waals surface area contributed by atoms with E-state index in [-0.39, 0.29) is 5.82 Å². The molecular weight excluding hydrogens is 201 g/mol. The van der Waals surface area contributed by atoms with Gasteiger partial charge in [-0.2, -0.15) is 0 Å². The van der Waals surface area contributed by atoms with Crippen molar-refractivity contribution in [2.45, 2.75) is 31.7 Å². The zero-order chi connectivity index (χ0) is 11.2. The number of nitrogens with one attached hydrogen (secondary N) is 1. The summed E-state index contributed by atoms with van der Waals surface area (Å²) in [6, 6.07) is 7.49. The second kappa shape index (κ2) is 5.80. The molecule has 1 aromatic carbocycles. The van der Waals surface area contributed by atoms with Crippen molar-refractivity contribution in [3.8, 4) is 0 Å². The Morgan fingerprint density at radius 1 is 1.31 bits per heavy atom. The average molecular weight is 219 g/mol. The van der Waals surface area contributed by atoms with Crippen molar-refractivity contribution >= 4 is 0 Å². The van der Waals surface area contributed by atoms with Crippen molar-refractivity contribution in [1.29, 1.82) is 0 Å². The van der Waals surface area contributed by atoms with E-state index >= 15 is 0 Å². The number of hydrogen-bond acceptors (Lipinski definition) is 1. The molecular formula is C14H18FN. The fourth-order valence-corrected chi connectivity index (χ4v) is 2.08. The van der Waals surface area contributed by atoms with Crippen LogP contribution in [0.2, 0.25) is 0 Å². The van der Waals surface area contributed by atoms with Gasteiger partial charge in [-0.05, 0) is 43.9 Å². The van der Waals surface area contributed by atoms with Gasteiger partial charge in [0.1, 0.15) is 5.82 Å². The Hall–Kier alpha value is -1.15. The molecule has 0 saturated carbocycles. The molecule has 1 aliphatic carbocycles. The Morgan fingerprint density at radius 2 is 2.19 bits per heavy atom. The van der Waals surface area contributed by atoms with Crippen LogP contribution in [0, 0.1) is 5.82 Å². The highest BCUT2D eigenvalue weighted by Crippen LogP contribution is 2.11. The molecule has 1 unspecified atom stereocenters. The van der Waals surface area contributed by atoms with Crippen molar-refractivity contribution in [3.05, 3.63) is 47.8 Å². The lowest BCUT2D eigenvalue weighted by molar-refractivity contribution is 0.519. The molecule has 1 atom stereocenters. The van der Waals surface area contributed by atoms with Gasteiger partial charge in [0, 0.05) is 6.04 Å². The van der Waals surface area contributed by atoms with Gasteiger partial charge < -0.3 is 5.32 Å². The molecule has 0 radical (unpaired) electrons. The van der Waals surface area contributed by atoms with Gasteiger partial charge in [0.15, 0.2) is 0 Å². The van der Waals surface area contributed by atoms with E-state index in [0.717, 1.165) is 18.5 Å². The second-order valence-corrected chi connectivity index (χ2v) is 4.26. The number of benzene rings is 1. The molecule has 0 aliphatic heterocycles. The SMILES string of the molecule is Fc1ccccc1CCNC1C=CCCC1. The molecule has 0 saturated heterocycles. The van der Waals surface area contributed by atoms with Crippen LogP contribution in [0.4, 0.5) is 4.39 Å². The standard InChI is InChI=1S/C14H18FN/c15-14-9-5-4-6-12(14)10-11-16-13-7-2-1-3-8-13/h2,4-7,9,13,16H,1,3,8,10-11H2. The predicted octanol–water partition coefficient (Wildman–Crippen LogP) is 3.07. The number of hydrogen-bond donors (Lipinski definition) is 1. The summed E-state index contributed by atoms with van der Waals surface area (Å²) in [7, 11) is 0. The number of allylic oxidation sites excluding steroid dienone is 1. The summed E-state index contributed by atoms with van der Waals surface area (Å²) in [5.74, 6) is -0.0940. The van der Waals surface area contributed by atoms with Crippen molar-refractivity contribution in [1.82, 2.24) is 5.32 Å². The van der Waals surface area contributed by atoms with Gasteiger partial charge in [0.25, 0.3) is 0 Å². The second-order valence-electron chi connectivity index (χ2n) is 4.26. The average Bonchev–Trinajstić information content (AvgIpc) is 2.33. The summed E-state index contributed by atoms with van der Waals surface area (Å²) in [6.07, 6.45) is 8.87. The third-order valence-electron chi connectivity index (χ3n) is 3.01. The van der Waals surface area contributed by atoms with Crippen LogP contribution in [0.5, 0.6) is 0 Å². The maximum Gasteiger partial charge on any atom is 0.126 e. The Kier molecular flexibility index (Phi) is 4.11. The maximum absolute atomic E-state index is 13.3. The monoisotopic (exact) mass is 219 g/mol. The Balaban J connectivity index is 1.77. The first-order valence-corrected chi connectivity index (χ1v) is 6.00. The van der Waals surface area contributed by atoms with Gasteiger partial charge in [-0.3, -0.25) is 0 Å². The topological polar surface area (TPSA) is 12.0 Å². The highest BCUT2D eigenvalue weighted by molar-refractivity contribution is 5.17. The summed E-state index contributed by atoms with van der Waals surface area (Å²) >= 11 is 0. The largest absolute Gasteiger partial charge is 0.310 e. The molecule has 1 aliphatic rings. The lowest BCUT2D eigenvalue weighted by atomic mass is 10.0. The summed E-state index contributed by atoms with van der Waals surface area (Å²) in [4.78, 5) is 0. The predicted molar refractivity (Wildman–Crippen MR) is 64.9 cm³/mol. The molecule has 0 spiro atoms. The number of rotatable bonds is 4. The van der Waals surface area contributed by atoms with Crippen LogP contribution in [0.1, 0.15) is 24.8 Å². The van der Waals surface area contributed by atoms with E-state index in [1.807, 2.05) is 12.1 Å². The van der Waals surface area contributed by atoms with Gasteiger partial charge in [0.2, 0.25) is 0 Å². The van der Waals surface area contributed by atoms with Gasteiger partial charge in [-0.15, -0.1) is 0 Å². The minimum Gasteiger partial charge on any atom is -0.310 e. The molecule has 2 rings (SSSR count). The van der Waals surface area contributed by atoms with E-state index in [2.05, 4.69) is 17.5 Å². The van der Waals surface area contributed by atoms with Crippen LogP contribution >= 0.6 is 0 Å². The summed E-state index contributed by atoms with van der Waals surface area (Å²) in [5, 5.41) is 3.44. The third kappa shape index (κ3) is 3.17.